The lowest BCUT2D eigenvalue weighted by atomic mass is 9.98. The van der Waals surface area contributed by atoms with Gasteiger partial charge in [0.1, 0.15) is 0 Å². The Labute approximate surface area is 160 Å². The van der Waals surface area contributed by atoms with E-state index in [2.05, 4.69) is 77.1 Å². The van der Waals surface area contributed by atoms with Crippen LogP contribution in [0.15, 0.2) is 51.9 Å². The van der Waals surface area contributed by atoms with E-state index < -0.39 is 0 Å². The van der Waals surface area contributed by atoms with Crippen LogP contribution in [0.5, 0.6) is 0 Å². The molecule has 0 fully saturated rings. The summed E-state index contributed by atoms with van der Waals surface area (Å²) in [7, 11) is 0. The molecule has 0 N–H and O–H groups in total. The van der Waals surface area contributed by atoms with Crippen LogP contribution < -0.4 is 0 Å². The number of aryl methyl sites for hydroxylation is 1. The van der Waals surface area contributed by atoms with Crippen molar-refractivity contribution in [2.75, 3.05) is 26.2 Å². The van der Waals surface area contributed by atoms with Crippen LogP contribution in [-0.2, 0) is 12.8 Å². The Bertz CT molecular complexity index is 747. The van der Waals surface area contributed by atoms with Crippen LogP contribution >= 0.6 is 15.9 Å². The van der Waals surface area contributed by atoms with Crippen LogP contribution in [0.2, 0.25) is 0 Å². The predicted octanol–water partition coefficient (Wildman–Crippen LogP) is 5.12. The first-order valence-electron chi connectivity index (χ1n) is 9.37. The van der Waals surface area contributed by atoms with E-state index in [1.165, 1.54) is 32.4 Å². The van der Waals surface area contributed by atoms with Gasteiger partial charge in [0.25, 0.3) is 0 Å². The Balaban J connectivity index is 1.91. The molecule has 0 aromatic heterocycles. The van der Waals surface area contributed by atoms with E-state index in [1.807, 2.05) is 0 Å². The topological polar surface area (TPSA) is 15.6 Å². The zero-order chi connectivity index (χ0) is 17.6. The fraction of sp³-hybridized carbons (Fsp3) is 0.409. The highest BCUT2D eigenvalue weighted by Gasteiger charge is 2.20. The van der Waals surface area contributed by atoms with Crippen molar-refractivity contribution in [3.8, 4) is 0 Å². The smallest absolute Gasteiger partial charge is 0.0724 e. The van der Waals surface area contributed by atoms with Crippen molar-refractivity contribution in [1.82, 2.24) is 4.90 Å². The lowest BCUT2D eigenvalue weighted by Gasteiger charge is -2.17. The first-order chi connectivity index (χ1) is 12.2. The molecule has 2 aromatic carbocycles. The average Bonchev–Trinajstić information content (AvgIpc) is 2.80. The molecule has 3 rings (SSSR count). The fourth-order valence-corrected chi connectivity index (χ4v) is 4.17. The Morgan fingerprint density at radius 3 is 2.52 bits per heavy atom. The van der Waals surface area contributed by atoms with Crippen molar-refractivity contribution >= 4 is 21.6 Å². The van der Waals surface area contributed by atoms with Gasteiger partial charge in [-0.25, -0.2) is 0 Å². The molecule has 0 bridgehead atoms. The van der Waals surface area contributed by atoms with Crippen molar-refractivity contribution < 1.29 is 0 Å². The molecule has 0 atom stereocenters. The Morgan fingerprint density at radius 1 is 0.960 bits per heavy atom. The third-order valence-corrected chi connectivity index (χ3v) is 5.83. The summed E-state index contributed by atoms with van der Waals surface area (Å²) in [6.07, 6.45) is 3.24. The molecule has 0 unspecified atom stereocenters. The molecule has 0 aliphatic heterocycles. The van der Waals surface area contributed by atoms with Crippen LogP contribution in [-0.4, -0.2) is 36.8 Å². The highest BCUT2D eigenvalue weighted by atomic mass is 79.9. The van der Waals surface area contributed by atoms with Crippen molar-refractivity contribution in [3.63, 3.8) is 0 Å². The maximum atomic E-state index is 5.08. The predicted molar refractivity (Wildman–Crippen MR) is 111 cm³/mol. The molecule has 0 saturated carbocycles. The number of halogens is 1. The molecule has 0 amide bonds. The summed E-state index contributed by atoms with van der Waals surface area (Å²) in [5.41, 5.74) is 6.57. The van der Waals surface area contributed by atoms with Gasteiger partial charge in [-0.3, -0.25) is 4.99 Å². The summed E-state index contributed by atoms with van der Waals surface area (Å²) in [5.74, 6) is 0. The summed E-state index contributed by atoms with van der Waals surface area (Å²) >= 11 is 3.75. The summed E-state index contributed by atoms with van der Waals surface area (Å²) in [5, 5.41) is 0. The maximum absolute atomic E-state index is 5.08. The van der Waals surface area contributed by atoms with E-state index in [4.69, 9.17) is 4.99 Å². The van der Waals surface area contributed by atoms with Gasteiger partial charge in [0.15, 0.2) is 0 Å². The Hall–Kier alpha value is -1.45. The summed E-state index contributed by atoms with van der Waals surface area (Å²) in [4.78, 5) is 7.54. The molecule has 25 heavy (non-hydrogen) atoms. The number of fused-ring (bicyclic) bond motifs is 2. The lowest BCUT2D eigenvalue weighted by Crippen LogP contribution is -2.24. The molecule has 2 nitrogen and oxygen atoms in total. The van der Waals surface area contributed by atoms with Gasteiger partial charge >= 0.3 is 0 Å². The van der Waals surface area contributed by atoms with Crippen molar-refractivity contribution in [1.29, 1.82) is 0 Å². The van der Waals surface area contributed by atoms with Gasteiger partial charge in [-0.15, -0.1) is 0 Å². The van der Waals surface area contributed by atoms with Crippen LogP contribution in [0.25, 0.3) is 0 Å². The molecule has 1 aliphatic rings. The third-order valence-electron chi connectivity index (χ3n) is 5.09. The summed E-state index contributed by atoms with van der Waals surface area (Å²) in [6.45, 7) is 8.69. The SMILES string of the molecule is CCN(CC)CCC/N=C1/c2ccccc2CCc2c(Br)cccc21. The average molecular weight is 399 g/mol. The molecule has 2 aromatic rings. The van der Waals surface area contributed by atoms with Gasteiger partial charge in [0, 0.05) is 22.1 Å². The standard InChI is InChI=1S/C22H27BrN2/c1-3-25(4-2)16-8-15-24-22-18-10-6-5-9-17(18)13-14-19-20(22)11-7-12-21(19)23/h5-7,9-12H,3-4,8,13-16H2,1-2H3/b24-22-. The highest BCUT2D eigenvalue weighted by molar-refractivity contribution is 9.10. The van der Waals surface area contributed by atoms with Crippen molar-refractivity contribution in [2.24, 2.45) is 4.99 Å². The van der Waals surface area contributed by atoms with E-state index in [-0.39, 0.29) is 0 Å². The molecular formula is C22H27BrN2. The van der Waals surface area contributed by atoms with Gasteiger partial charge < -0.3 is 4.90 Å². The number of hydrogen-bond acceptors (Lipinski definition) is 2. The van der Waals surface area contributed by atoms with Crippen LogP contribution in [0.3, 0.4) is 0 Å². The summed E-state index contributed by atoms with van der Waals surface area (Å²) < 4.78 is 1.20. The van der Waals surface area contributed by atoms with Gasteiger partial charge in [0.05, 0.1) is 5.71 Å². The fourth-order valence-electron chi connectivity index (χ4n) is 3.60. The van der Waals surface area contributed by atoms with Crippen LogP contribution in [0.1, 0.15) is 42.5 Å². The van der Waals surface area contributed by atoms with Crippen molar-refractivity contribution in [3.05, 3.63) is 69.2 Å². The molecule has 0 saturated heterocycles. The van der Waals surface area contributed by atoms with E-state index in [9.17, 15) is 0 Å². The molecule has 3 heteroatoms. The number of rotatable bonds is 6. The van der Waals surface area contributed by atoms with Gasteiger partial charge in [-0.2, -0.15) is 0 Å². The quantitative estimate of drug-likeness (QED) is 0.616. The number of hydrogen-bond donors (Lipinski definition) is 0. The maximum Gasteiger partial charge on any atom is 0.0724 e. The first kappa shape index (κ1) is 18.3. The van der Waals surface area contributed by atoms with Crippen LogP contribution in [0, 0.1) is 0 Å². The molecule has 1 aliphatic carbocycles. The van der Waals surface area contributed by atoms with Gasteiger partial charge in [-0.1, -0.05) is 66.2 Å². The molecule has 132 valence electrons. The third kappa shape index (κ3) is 4.21. The molecule has 0 radical (unpaired) electrons. The van der Waals surface area contributed by atoms with Gasteiger partial charge in [0.2, 0.25) is 0 Å². The summed E-state index contributed by atoms with van der Waals surface area (Å²) in [6, 6.07) is 15.3. The van der Waals surface area contributed by atoms with E-state index in [0.717, 1.165) is 45.4 Å². The van der Waals surface area contributed by atoms with E-state index in [1.54, 1.807) is 0 Å². The number of benzene rings is 2. The second kappa shape index (κ2) is 8.77. The lowest BCUT2D eigenvalue weighted by molar-refractivity contribution is 0.302. The zero-order valence-corrected chi connectivity index (χ0v) is 16.8. The Morgan fingerprint density at radius 2 is 1.72 bits per heavy atom. The monoisotopic (exact) mass is 398 g/mol. The highest BCUT2D eigenvalue weighted by Crippen LogP contribution is 2.29. The normalized spacial score (nSPS) is 15.1. The molecular weight excluding hydrogens is 372 g/mol. The Kier molecular flexibility index (Phi) is 6.44. The molecule has 0 spiro atoms. The zero-order valence-electron chi connectivity index (χ0n) is 15.3. The van der Waals surface area contributed by atoms with Crippen molar-refractivity contribution in [2.45, 2.75) is 33.1 Å². The van der Waals surface area contributed by atoms with Gasteiger partial charge in [-0.05, 0) is 56.1 Å². The molecule has 0 heterocycles. The minimum atomic E-state index is 0.881. The first-order valence-corrected chi connectivity index (χ1v) is 10.2. The van der Waals surface area contributed by atoms with Crippen LogP contribution in [0.4, 0.5) is 0 Å². The number of aliphatic imine (C=N–C) groups is 1. The minimum Gasteiger partial charge on any atom is -0.304 e. The largest absolute Gasteiger partial charge is 0.304 e. The number of nitrogens with zero attached hydrogens (tertiary/aromatic N) is 2. The second-order valence-electron chi connectivity index (χ2n) is 6.53. The van der Waals surface area contributed by atoms with E-state index in [0.29, 0.717) is 0 Å². The second-order valence-corrected chi connectivity index (χ2v) is 7.39. The minimum absolute atomic E-state index is 0.881. The van der Waals surface area contributed by atoms with E-state index >= 15 is 0 Å².